The van der Waals surface area contributed by atoms with E-state index < -0.39 is 17.7 Å². The summed E-state index contributed by atoms with van der Waals surface area (Å²) < 4.78 is 16.4. The van der Waals surface area contributed by atoms with E-state index in [2.05, 4.69) is 20.2 Å². The molecule has 1 amide bonds. The molecule has 1 N–H and O–H groups in total. The summed E-state index contributed by atoms with van der Waals surface area (Å²) in [5.41, 5.74) is 3.26. The smallest absolute Gasteiger partial charge is 0.301 e. The number of aliphatic hydroxyl groups is 1. The molecule has 0 radical (unpaired) electrons. The number of halogens is 1. The topological polar surface area (TPSA) is 114 Å². The number of anilines is 1. The van der Waals surface area contributed by atoms with E-state index in [0.29, 0.717) is 32.6 Å². The first-order valence-corrected chi connectivity index (χ1v) is 14.0. The molecule has 0 aliphatic carbocycles. The number of nitrogens with zero attached hydrogens (tertiary/aromatic N) is 6. The SMILES string of the molecule is Cc1cccn2c(C)c(/C(O)=C3\C(=O)C(=O)N(c4nnc(SCc5ccccc5F)s4)C3c3cccnc3)nc12. The molecule has 9 nitrogen and oxygen atoms in total. The molecular formula is C28H21FN6O3S2. The number of thioether (sulfide) groups is 1. The maximum atomic E-state index is 14.1. The number of carbonyl (C=O) groups excluding carboxylic acids is 2. The summed E-state index contributed by atoms with van der Waals surface area (Å²) in [5, 5.41) is 20.1. The zero-order valence-electron chi connectivity index (χ0n) is 21.3. The van der Waals surface area contributed by atoms with Gasteiger partial charge in [0.15, 0.2) is 10.1 Å². The second-order valence-corrected chi connectivity index (χ2v) is 11.3. The summed E-state index contributed by atoms with van der Waals surface area (Å²) in [6, 6.07) is 12.6. The van der Waals surface area contributed by atoms with Crippen molar-refractivity contribution in [2.24, 2.45) is 0 Å². The maximum absolute atomic E-state index is 14.1. The zero-order chi connectivity index (χ0) is 28.0. The van der Waals surface area contributed by atoms with Gasteiger partial charge < -0.3 is 9.51 Å². The summed E-state index contributed by atoms with van der Waals surface area (Å²) in [6.07, 6.45) is 4.93. The van der Waals surface area contributed by atoms with E-state index in [4.69, 9.17) is 0 Å². The Morgan fingerprint density at radius 1 is 1.10 bits per heavy atom. The molecule has 5 aromatic rings. The van der Waals surface area contributed by atoms with Gasteiger partial charge in [-0.1, -0.05) is 53.4 Å². The third kappa shape index (κ3) is 4.34. The molecule has 0 spiro atoms. The number of Topliss-reactive ketones (excluding diaryl/α,β-unsaturated/α-hetero) is 1. The van der Waals surface area contributed by atoms with Crippen LogP contribution in [0.25, 0.3) is 11.4 Å². The molecule has 40 heavy (non-hydrogen) atoms. The Kier molecular flexibility index (Phi) is 6.64. The van der Waals surface area contributed by atoms with Crippen molar-refractivity contribution in [2.75, 3.05) is 4.90 Å². The molecule has 5 heterocycles. The predicted molar refractivity (Wildman–Crippen MR) is 150 cm³/mol. The average Bonchev–Trinajstić information content (AvgIpc) is 3.64. The molecule has 1 atom stereocenters. The van der Waals surface area contributed by atoms with E-state index in [0.717, 1.165) is 16.9 Å². The van der Waals surface area contributed by atoms with E-state index >= 15 is 0 Å². The Hall–Kier alpha value is -4.42. The number of ketones is 1. The number of imidazole rings is 1. The van der Waals surface area contributed by atoms with Crippen molar-refractivity contribution in [3.8, 4) is 0 Å². The van der Waals surface area contributed by atoms with Crippen LogP contribution in [0.15, 0.2) is 77.0 Å². The minimum atomic E-state index is -1.00. The van der Waals surface area contributed by atoms with Crippen LogP contribution in [0, 0.1) is 19.7 Å². The molecule has 12 heteroatoms. The van der Waals surface area contributed by atoms with Gasteiger partial charge in [-0.25, -0.2) is 9.37 Å². The van der Waals surface area contributed by atoms with E-state index in [-0.39, 0.29) is 28.0 Å². The van der Waals surface area contributed by atoms with Crippen molar-refractivity contribution in [3.63, 3.8) is 0 Å². The van der Waals surface area contributed by atoms with Gasteiger partial charge in [-0.15, -0.1) is 10.2 Å². The van der Waals surface area contributed by atoms with Crippen LogP contribution in [0.5, 0.6) is 0 Å². The molecule has 200 valence electrons. The van der Waals surface area contributed by atoms with E-state index in [1.807, 2.05) is 29.7 Å². The minimum absolute atomic E-state index is 0.113. The van der Waals surface area contributed by atoms with Gasteiger partial charge in [-0.3, -0.25) is 19.5 Å². The summed E-state index contributed by atoms with van der Waals surface area (Å²) >= 11 is 2.38. The number of aromatic nitrogens is 5. The quantitative estimate of drug-likeness (QED) is 0.0965. The van der Waals surface area contributed by atoms with E-state index in [1.165, 1.54) is 28.9 Å². The second-order valence-electron chi connectivity index (χ2n) is 9.12. The molecule has 0 bridgehead atoms. The van der Waals surface area contributed by atoms with Gasteiger partial charge in [0, 0.05) is 24.3 Å². The molecule has 1 saturated heterocycles. The van der Waals surface area contributed by atoms with Crippen LogP contribution in [-0.4, -0.2) is 41.4 Å². The Balaban J connectivity index is 1.43. The van der Waals surface area contributed by atoms with Crippen molar-refractivity contribution in [1.82, 2.24) is 24.6 Å². The number of rotatable bonds is 6. The van der Waals surface area contributed by atoms with Crippen molar-refractivity contribution in [1.29, 1.82) is 0 Å². The van der Waals surface area contributed by atoms with Gasteiger partial charge in [0.05, 0.1) is 17.3 Å². The monoisotopic (exact) mass is 572 g/mol. The van der Waals surface area contributed by atoms with Crippen molar-refractivity contribution < 1.29 is 19.1 Å². The van der Waals surface area contributed by atoms with Crippen molar-refractivity contribution >= 4 is 51.3 Å². The van der Waals surface area contributed by atoms with Gasteiger partial charge in [-0.05, 0) is 48.7 Å². The highest BCUT2D eigenvalue weighted by molar-refractivity contribution is 8.00. The van der Waals surface area contributed by atoms with Gasteiger partial charge in [0.25, 0.3) is 5.78 Å². The fourth-order valence-corrected chi connectivity index (χ4v) is 6.52. The van der Waals surface area contributed by atoms with Crippen LogP contribution in [0.2, 0.25) is 0 Å². The Labute approximate surface area is 236 Å². The van der Waals surface area contributed by atoms with E-state index in [1.54, 1.807) is 43.5 Å². The highest BCUT2D eigenvalue weighted by atomic mass is 32.2. The normalized spacial score (nSPS) is 16.8. The minimum Gasteiger partial charge on any atom is -0.505 e. The number of aliphatic hydroxyl groups excluding tert-OH is 1. The molecule has 1 aliphatic rings. The molecule has 0 saturated carbocycles. The average molecular weight is 573 g/mol. The highest BCUT2D eigenvalue weighted by Crippen LogP contribution is 2.44. The molecule has 1 aromatic carbocycles. The summed E-state index contributed by atoms with van der Waals surface area (Å²) in [6.45, 7) is 3.69. The highest BCUT2D eigenvalue weighted by Gasteiger charge is 2.49. The number of pyridine rings is 2. The first-order valence-electron chi connectivity index (χ1n) is 12.2. The first kappa shape index (κ1) is 25.8. The van der Waals surface area contributed by atoms with Crippen LogP contribution in [-0.2, 0) is 15.3 Å². The van der Waals surface area contributed by atoms with Crippen molar-refractivity contribution in [3.05, 3.63) is 107 Å². The number of fused-ring (bicyclic) bond motifs is 1. The lowest BCUT2D eigenvalue weighted by molar-refractivity contribution is -0.132. The van der Waals surface area contributed by atoms with Crippen LogP contribution < -0.4 is 4.90 Å². The lowest BCUT2D eigenvalue weighted by Crippen LogP contribution is -2.29. The molecule has 1 aliphatic heterocycles. The zero-order valence-corrected chi connectivity index (χ0v) is 22.9. The third-order valence-electron chi connectivity index (χ3n) is 6.66. The number of aryl methyl sites for hydroxylation is 2. The first-order chi connectivity index (χ1) is 19.3. The summed E-state index contributed by atoms with van der Waals surface area (Å²) in [7, 11) is 0. The Morgan fingerprint density at radius 2 is 1.93 bits per heavy atom. The Bertz CT molecular complexity index is 1820. The summed E-state index contributed by atoms with van der Waals surface area (Å²) in [5.74, 6) is -2.10. The van der Waals surface area contributed by atoms with Crippen LogP contribution in [0.3, 0.4) is 0 Å². The van der Waals surface area contributed by atoms with Gasteiger partial charge >= 0.3 is 5.91 Å². The molecule has 4 aromatic heterocycles. The van der Waals surface area contributed by atoms with Gasteiger partial charge in [0.1, 0.15) is 17.2 Å². The van der Waals surface area contributed by atoms with Gasteiger partial charge in [-0.2, -0.15) is 0 Å². The predicted octanol–water partition coefficient (Wildman–Crippen LogP) is 5.26. The number of carbonyl (C=O) groups is 2. The fourth-order valence-electron chi connectivity index (χ4n) is 4.67. The number of amides is 1. The molecule has 1 unspecified atom stereocenters. The Morgan fingerprint density at radius 3 is 2.67 bits per heavy atom. The molecule has 6 rings (SSSR count). The van der Waals surface area contributed by atoms with Crippen LogP contribution in [0.4, 0.5) is 9.52 Å². The van der Waals surface area contributed by atoms with Gasteiger partial charge in [0.2, 0.25) is 5.13 Å². The maximum Gasteiger partial charge on any atom is 0.301 e. The van der Waals surface area contributed by atoms with Crippen LogP contribution >= 0.6 is 23.1 Å². The molecular weight excluding hydrogens is 551 g/mol. The largest absolute Gasteiger partial charge is 0.505 e. The number of benzene rings is 1. The second kappa shape index (κ2) is 10.3. The fraction of sp³-hybridized carbons (Fsp3) is 0.143. The number of hydrogen-bond donors (Lipinski definition) is 1. The summed E-state index contributed by atoms with van der Waals surface area (Å²) in [4.78, 5) is 36.9. The number of hydrogen-bond acceptors (Lipinski definition) is 9. The van der Waals surface area contributed by atoms with Crippen molar-refractivity contribution in [2.45, 2.75) is 30.0 Å². The van der Waals surface area contributed by atoms with Crippen LogP contribution in [0.1, 0.15) is 34.1 Å². The lowest BCUT2D eigenvalue weighted by Gasteiger charge is -2.21. The van der Waals surface area contributed by atoms with E-state index in [9.17, 15) is 19.1 Å². The third-order valence-corrected chi connectivity index (χ3v) is 8.77. The lowest BCUT2D eigenvalue weighted by atomic mass is 9.98. The standard InChI is InChI=1S/C28H21FN6O3S2/c1-15-7-6-12-34-16(2)21(31-25(15)34)23(36)20-22(17-9-5-11-30-13-17)35(26(38)24(20)37)27-32-33-28(40-27)39-14-18-8-3-4-10-19(18)29/h3-13,22,36H,14H2,1-2H3/b23-20+. The molecule has 1 fully saturated rings.